The quantitative estimate of drug-likeness (QED) is 0.405. The zero-order chi connectivity index (χ0) is 22.7. The molecule has 1 aliphatic rings. The number of pyridine rings is 2. The molecule has 0 bridgehead atoms. The number of rotatable bonds is 3. The predicted octanol–water partition coefficient (Wildman–Crippen LogP) is 0.950. The summed E-state index contributed by atoms with van der Waals surface area (Å²) in [5, 5.41) is 16.1. The Hall–Kier alpha value is -4.80. The third-order valence-corrected chi connectivity index (χ3v) is 5.30. The van der Waals surface area contributed by atoms with Crippen molar-refractivity contribution in [2.24, 2.45) is 7.05 Å². The average Bonchev–Trinajstić information content (AvgIpc) is 3.24. The van der Waals surface area contributed by atoms with Crippen molar-refractivity contribution in [3.8, 4) is 16.8 Å². The number of aromatic carboxylic acids is 1. The molecule has 0 unspecified atom stereocenters. The van der Waals surface area contributed by atoms with E-state index in [1.54, 1.807) is 37.4 Å². The standard InChI is InChI=1S/C21H14N6O5/c1-26-18-14(16(25-26)21(31)32)11(5-6-23-18)9-3-2-4-10(7-9)27-13(28)8-12-15(17(27)22)20(30)24-19(12)29/h2-8H,22H2,1H3,(H,31,32)(H,24,29,30). The normalized spacial score (nSPS) is 12.8. The van der Waals surface area contributed by atoms with Crippen LogP contribution in [0.1, 0.15) is 31.2 Å². The SMILES string of the molecule is Cn1nc(C(=O)O)c2c(-c3cccc(-n4c(N)c5c(cc4=O)C(=O)NC5=O)c3)ccnc21. The number of aromatic nitrogens is 4. The summed E-state index contributed by atoms with van der Waals surface area (Å²) in [5.74, 6) is -2.72. The van der Waals surface area contributed by atoms with Crippen LogP contribution in [0.25, 0.3) is 27.8 Å². The molecule has 4 heterocycles. The molecule has 0 spiro atoms. The van der Waals surface area contributed by atoms with Crippen LogP contribution in [-0.4, -0.2) is 42.2 Å². The first-order chi connectivity index (χ1) is 15.3. The Labute approximate surface area is 178 Å². The van der Waals surface area contributed by atoms with Gasteiger partial charge in [-0.2, -0.15) is 5.10 Å². The number of benzene rings is 1. The number of anilines is 1. The minimum absolute atomic E-state index is 0.0632. The van der Waals surface area contributed by atoms with Crippen molar-refractivity contribution in [3.63, 3.8) is 0 Å². The van der Waals surface area contributed by atoms with E-state index in [0.29, 0.717) is 27.8 Å². The highest BCUT2D eigenvalue weighted by molar-refractivity contribution is 6.23. The number of carbonyl (C=O) groups excluding carboxylic acids is 2. The van der Waals surface area contributed by atoms with Gasteiger partial charge in [0.1, 0.15) is 5.82 Å². The Bertz CT molecular complexity index is 1570. The maximum atomic E-state index is 12.7. The Balaban J connectivity index is 1.75. The van der Waals surface area contributed by atoms with Crippen LogP contribution in [-0.2, 0) is 7.05 Å². The monoisotopic (exact) mass is 430 g/mol. The average molecular weight is 430 g/mol. The van der Waals surface area contributed by atoms with Crippen molar-refractivity contribution in [1.82, 2.24) is 24.6 Å². The Morgan fingerprint density at radius 3 is 2.62 bits per heavy atom. The zero-order valence-corrected chi connectivity index (χ0v) is 16.5. The lowest BCUT2D eigenvalue weighted by atomic mass is 10.0. The summed E-state index contributed by atoms with van der Waals surface area (Å²) in [5.41, 5.74) is 7.09. The number of imide groups is 1. The van der Waals surface area contributed by atoms with Crippen LogP contribution >= 0.6 is 0 Å². The number of hydrogen-bond donors (Lipinski definition) is 3. The lowest BCUT2D eigenvalue weighted by Crippen LogP contribution is -2.24. The molecule has 0 fully saturated rings. The molecule has 0 saturated heterocycles. The second-order valence-electron chi connectivity index (χ2n) is 7.16. The number of nitrogens with two attached hydrogens (primary N) is 1. The number of amides is 2. The minimum atomic E-state index is -1.20. The molecule has 1 aromatic carbocycles. The first-order valence-electron chi connectivity index (χ1n) is 9.35. The van der Waals surface area contributed by atoms with Gasteiger partial charge in [-0.05, 0) is 29.3 Å². The molecule has 5 rings (SSSR count). The first kappa shape index (κ1) is 19.2. The van der Waals surface area contributed by atoms with Crippen molar-refractivity contribution in [1.29, 1.82) is 0 Å². The molecule has 32 heavy (non-hydrogen) atoms. The summed E-state index contributed by atoms with van der Waals surface area (Å²) >= 11 is 0. The van der Waals surface area contributed by atoms with Gasteiger partial charge in [-0.25, -0.2) is 14.5 Å². The van der Waals surface area contributed by atoms with E-state index in [2.05, 4.69) is 15.4 Å². The lowest BCUT2D eigenvalue weighted by Gasteiger charge is -2.13. The molecule has 2 amide bonds. The predicted molar refractivity (Wildman–Crippen MR) is 113 cm³/mol. The summed E-state index contributed by atoms with van der Waals surface area (Å²) in [6.45, 7) is 0. The molecule has 4 aromatic rings. The van der Waals surface area contributed by atoms with E-state index in [1.807, 2.05) is 0 Å². The van der Waals surface area contributed by atoms with Gasteiger partial charge in [0, 0.05) is 19.3 Å². The fraction of sp³-hybridized carbons (Fsp3) is 0.0476. The third kappa shape index (κ3) is 2.61. The number of nitrogens with zero attached hydrogens (tertiary/aromatic N) is 4. The van der Waals surface area contributed by atoms with Gasteiger partial charge in [0.15, 0.2) is 11.3 Å². The molecule has 158 valence electrons. The maximum Gasteiger partial charge on any atom is 0.357 e. The number of nitrogens with one attached hydrogen (secondary N) is 1. The van der Waals surface area contributed by atoms with Gasteiger partial charge in [-0.15, -0.1) is 0 Å². The van der Waals surface area contributed by atoms with Crippen LogP contribution in [0.2, 0.25) is 0 Å². The summed E-state index contributed by atoms with van der Waals surface area (Å²) in [6, 6.07) is 9.36. The van der Waals surface area contributed by atoms with Crippen LogP contribution in [0.5, 0.6) is 0 Å². The molecular formula is C21H14N6O5. The fourth-order valence-corrected chi connectivity index (χ4v) is 3.93. The number of carbonyl (C=O) groups is 3. The van der Waals surface area contributed by atoms with Crippen LogP contribution in [0.3, 0.4) is 0 Å². The number of carboxylic acids is 1. The van der Waals surface area contributed by atoms with Crippen molar-refractivity contribution in [3.05, 3.63) is 69.8 Å². The number of hydrogen-bond acceptors (Lipinski definition) is 7. The van der Waals surface area contributed by atoms with E-state index in [-0.39, 0.29) is 22.6 Å². The van der Waals surface area contributed by atoms with Gasteiger partial charge < -0.3 is 10.8 Å². The molecular weight excluding hydrogens is 416 g/mol. The molecule has 0 saturated carbocycles. The summed E-state index contributed by atoms with van der Waals surface area (Å²) in [7, 11) is 1.60. The third-order valence-electron chi connectivity index (χ3n) is 5.30. The molecule has 0 aliphatic carbocycles. The number of aryl methyl sites for hydroxylation is 1. The Kier molecular flexibility index (Phi) is 3.96. The van der Waals surface area contributed by atoms with Crippen molar-refractivity contribution >= 4 is 34.6 Å². The molecule has 1 aliphatic heterocycles. The molecule has 4 N–H and O–H groups in total. The zero-order valence-electron chi connectivity index (χ0n) is 16.5. The number of nitrogen functional groups attached to an aromatic ring is 1. The first-order valence-corrected chi connectivity index (χ1v) is 9.35. The van der Waals surface area contributed by atoms with E-state index in [1.165, 1.54) is 10.9 Å². The second kappa shape index (κ2) is 6.60. The Morgan fingerprint density at radius 1 is 1.09 bits per heavy atom. The van der Waals surface area contributed by atoms with Crippen molar-refractivity contribution < 1.29 is 19.5 Å². The van der Waals surface area contributed by atoms with Crippen LogP contribution in [0.15, 0.2) is 47.4 Å². The highest BCUT2D eigenvalue weighted by atomic mass is 16.4. The van der Waals surface area contributed by atoms with Crippen LogP contribution in [0.4, 0.5) is 5.82 Å². The largest absolute Gasteiger partial charge is 0.476 e. The highest BCUT2D eigenvalue weighted by Gasteiger charge is 2.32. The minimum Gasteiger partial charge on any atom is -0.476 e. The summed E-state index contributed by atoms with van der Waals surface area (Å²) < 4.78 is 2.50. The van der Waals surface area contributed by atoms with Gasteiger partial charge >= 0.3 is 5.97 Å². The van der Waals surface area contributed by atoms with Crippen molar-refractivity contribution in [2.45, 2.75) is 0 Å². The van der Waals surface area contributed by atoms with Gasteiger partial charge in [0.25, 0.3) is 17.4 Å². The Morgan fingerprint density at radius 2 is 1.88 bits per heavy atom. The van der Waals surface area contributed by atoms with Crippen LogP contribution < -0.4 is 16.6 Å². The van der Waals surface area contributed by atoms with Gasteiger partial charge in [0.2, 0.25) is 0 Å². The van der Waals surface area contributed by atoms with E-state index in [0.717, 1.165) is 10.6 Å². The molecule has 11 nitrogen and oxygen atoms in total. The van der Waals surface area contributed by atoms with Gasteiger partial charge in [0.05, 0.1) is 22.2 Å². The lowest BCUT2D eigenvalue weighted by molar-refractivity contribution is 0.0690. The van der Waals surface area contributed by atoms with Gasteiger partial charge in [-0.1, -0.05) is 12.1 Å². The van der Waals surface area contributed by atoms with Crippen LogP contribution in [0, 0.1) is 0 Å². The fourth-order valence-electron chi connectivity index (χ4n) is 3.93. The molecule has 0 radical (unpaired) electrons. The molecule has 3 aromatic heterocycles. The maximum absolute atomic E-state index is 12.7. The van der Waals surface area contributed by atoms with Crippen molar-refractivity contribution in [2.75, 3.05) is 5.73 Å². The molecule has 0 atom stereocenters. The topological polar surface area (TPSA) is 162 Å². The second-order valence-corrected chi connectivity index (χ2v) is 7.16. The smallest absolute Gasteiger partial charge is 0.357 e. The van der Waals surface area contributed by atoms with E-state index < -0.39 is 23.3 Å². The number of carboxylic acid groups (broad SMARTS) is 1. The van der Waals surface area contributed by atoms with Gasteiger partial charge in [-0.3, -0.25) is 24.3 Å². The van der Waals surface area contributed by atoms with E-state index in [4.69, 9.17) is 5.73 Å². The number of fused-ring (bicyclic) bond motifs is 2. The molecule has 11 heteroatoms. The highest BCUT2D eigenvalue weighted by Crippen LogP contribution is 2.32. The van der Waals surface area contributed by atoms with E-state index >= 15 is 0 Å². The summed E-state index contributed by atoms with van der Waals surface area (Å²) in [6.07, 6.45) is 1.53. The summed E-state index contributed by atoms with van der Waals surface area (Å²) in [4.78, 5) is 52.7. The van der Waals surface area contributed by atoms with E-state index in [9.17, 15) is 24.3 Å².